The molecule has 0 spiro atoms. The van der Waals surface area contributed by atoms with Crippen molar-refractivity contribution in [2.24, 2.45) is 0 Å². The number of ether oxygens (including phenoxy) is 1. The maximum absolute atomic E-state index is 13.6. The van der Waals surface area contributed by atoms with Crippen LogP contribution in [-0.4, -0.2) is 23.3 Å². The largest absolute Gasteiger partial charge is 0.482 e. The Hall–Kier alpha value is -4.75. The minimum absolute atomic E-state index is 0.0140. The predicted molar refractivity (Wildman–Crippen MR) is 127 cm³/mol. The smallest absolute Gasteiger partial charge is 0.271 e. The number of nitriles is 1. The maximum Gasteiger partial charge on any atom is 0.271 e. The molecule has 0 aromatic heterocycles. The highest BCUT2D eigenvalue weighted by Crippen LogP contribution is 2.27. The summed E-state index contributed by atoms with van der Waals surface area (Å²) in [5.41, 5.74) is 0.0746. The molecule has 2 N–H and O–H groups in total. The number of amides is 2. The molecule has 0 saturated heterocycles. The second-order valence-electron chi connectivity index (χ2n) is 6.94. The van der Waals surface area contributed by atoms with Gasteiger partial charge in [0.1, 0.15) is 23.2 Å². The number of rotatable bonds is 8. The average molecular weight is 495 g/mol. The van der Waals surface area contributed by atoms with Gasteiger partial charge in [-0.1, -0.05) is 35.9 Å². The van der Waals surface area contributed by atoms with Crippen molar-refractivity contribution in [3.05, 3.63) is 98.8 Å². The molecule has 0 fully saturated rings. The SMILES string of the molecule is N#CC(=Cc1ccc(OCC(=O)Nc2ccccc2F)c(Cl)c1)C(=O)Nc1cccc([N+](=O)[O-])c1. The molecule has 9 nitrogen and oxygen atoms in total. The molecule has 0 aliphatic rings. The van der Waals surface area contributed by atoms with E-state index >= 15 is 0 Å². The fourth-order valence-electron chi connectivity index (χ4n) is 2.83. The lowest BCUT2D eigenvalue weighted by atomic mass is 10.1. The van der Waals surface area contributed by atoms with Gasteiger partial charge < -0.3 is 15.4 Å². The van der Waals surface area contributed by atoms with Gasteiger partial charge in [0.2, 0.25) is 0 Å². The van der Waals surface area contributed by atoms with E-state index in [1.165, 1.54) is 60.7 Å². The van der Waals surface area contributed by atoms with E-state index in [0.717, 1.165) is 6.07 Å². The van der Waals surface area contributed by atoms with Gasteiger partial charge in [-0.15, -0.1) is 0 Å². The normalized spacial score (nSPS) is 10.7. The molecule has 35 heavy (non-hydrogen) atoms. The molecule has 176 valence electrons. The summed E-state index contributed by atoms with van der Waals surface area (Å²) in [5, 5.41) is 25.2. The van der Waals surface area contributed by atoms with Crippen LogP contribution in [0.1, 0.15) is 5.56 Å². The zero-order chi connectivity index (χ0) is 25.4. The van der Waals surface area contributed by atoms with Gasteiger partial charge >= 0.3 is 0 Å². The summed E-state index contributed by atoms with van der Waals surface area (Å²) in [6, 6.07) is 17.1. The summed E-state index contributed by atoms with van der Waals surface area (Å²) in [6.45, 7) is -0.432. The number of benzene rings is 3. The maximum atomic E-state index is 13.6. The number of nitrogens with zero attached hydrogens (tertiary/aromatic N) is 2. The third kappa shape index (κ3) is 6.86. The van der Waals surface area contributed by atoms with Gasteiger partial charge in [0.15, 0.2) is 6.61 Å². The molecule has 0 aliphatic carbocycles. The van der Waals surface area contributed by atoms with E-state index < -0.39 is 29.2 Å². The van der Waals surface area contributed by atoms with E-state index in [9.17, 15) is 29.4 Å². The Morgan fingerprint density at radius 2 is 1.89 bits per heavy atom. The summed E-state index contributed by atoms with van der Waals surface area (Å²) in [6.07, 6.45) is 1.27. The van der Waals surface area contributed by atoms with E-state index in [4.69, 9.17) is 16.3 Å². The minimum Gasteiger partial charge on any atom is -0.482 e. The summed E-state index contributed by atoms with van der Waals surface area (Å²) in [4.78, 5) is 34.7. The summed E-state index contributed by atoms with van der Waals surface area (Å²) >= 11 is 6.19. The number of para-hydroxylation sites is 1. The molecular formula is C24H16ClFN4O5. The Kier molecular flexibility index (Phi) is 8.11. The molecule has 3 aromatic carbocycles. The van der Waals surface area contributed by atoms with Crippen LogP contribution in [0.25, 0.3) is 6.08 Å². The molecule has 2 amide bonds. The van der Waals surface area contributed by atoms with Crippen LogP contribution in [0.4, 0.5) is 21.5 Å². The van der Waals surface area contributed by atoms with Crippen LogP contribution < -0.4 is 15.4 Å². The predicted octanol–water partition coefficient (Wildman–Crippen LogP) is 4.95. The second-order valence-corrected chi connectivity index (χ2v) is 7.35. The Morgan fingerprint density at radius 1 is 1.11 bits per heavy atom. The van der Waals surface area contributed by atoms with Crippen molar-refractivity contribution >= 4 is 46.6 Å². The fourth-order valence-corrected chi connectivity index (χ4v) is 3.07. The minimum atomic E-state index is -0.769. The van der Waals surface area contributed by atoms with Crippen molar-refractivity contribution in [3.63, 3.8) is 0 Å². The number of nitro benzene ring substituents is 1. The van der Waals surface area contributed by atoms with E-state index in [2.05, 4.69) is 10.6 Å². The lowest BCUT2D eigenvalue weighted by Crippen LogP contribution is -2.20. The number of nitrogens with one attached hydrogen (secondary N) is 2. The fraction of sp³-hybridized carbons (Fsp3) is 0.0417. The van der Waals surface area contributed by atoms with Crippen LogP contribution >= 0.6 is 11.6 Å². The highest BCUT2D eigenvalue weighted by Gasteiger charge is 2.13. The molecule has 0 unspecified atom stereocenters. The lowest BCUT2D eigenvalue weighted by molar-refractivity contribution is -0.384. The number of carbonyl (C=O) groups excluding carboxylic acids is 2. The quantitative estimate of drug-likeness (QED) is 0.197. The van der Waals surface area contributed by atoms with Gasteiger partial charge in [0, 0.05) is 17.8 Å². The van der Waals surface area contributed by atoms with Gasteiger partial charge in [-0.2, -0.15) is 5.26 Å². The van der Waals surface area contributed by atoms with Crippen LogP contribution in [0.3, 0.4) is 0 Å². The highest BCUT2D eigenvalue weighted by molar-refractivity contribution is 6.32. The molecule has 0 heterocycles. The first-order chi connectivity index (χ1) is 16.8. The van der Waals surface area contributed by atoms with E-state index in [0.29, 0.717) is 5.56 Å². The zero-order valence-corrected chi connectivity index (χ0v) is 18.6. The van der Waals surface area contributed by atoms with Gasteiger partial charge in [-0.25, -0.2) is 4.39 Å². The van der Waals surface area contributed by atoms with Crippen LogP contribution in [0.5, 0.6) is 5.75 Å². The van der Waals surface area contributed by atoms with Crippen LogP contribution in [-0.2, 0) is 9.59 Å². The number of carbonyl (C=O) groups is 2. The molecule has 0 saturated carbocycles. The molecule has 0 aliphatic heterocycles. The Bertz CT molecular complexity index is 1370. The van der Waals surface area contributed by atoms with Gasteiger partial charge in [-0.3, -0.25) is 19.7 Å². The van der Waals surface area contributed by atoms with Gasteiger partial charge in [0.05, 0.1) is 15.6 Å². The third-order valence-corrected chi connectivity index (χ3v) is 4.75. The molecule has 3 aromatic rings. The molecule has 0 radical (unpaired) electrons. The van der Waals surface area contributed by atoms with E-state index in [-0.39, 0.29) is 33.4 Å². The van der Waals surface area contributed by atoms with Gasteiger partial charge in [0.25, 0.3) is 17.5 Å². The number of nitro groups is 1. The van der Waals surface area contributed by atoms with Crippen molar-refractivity contribution < 1.29 is 23.6 Å². The second kappa shape index (κ2) is 11.4. The summed E-state index contributed by atoms with van der Waals surface area (Å²) in [5.74, 6) is -1.79. The molecular weight excluding hydrogens is 479 g/mol. The number of non-ortho nitro benzene ring substituents is 1. The molecule has 3 rings (SSSR count). The first kappa shape index (κ1) is 24.9. The Balaban J connectivity index is 1.65. The summed E-state index contributed by atoms with van der Waals surface area (Å²) < 4.78 is 19.0. The first-order valence-corrected chi connectivity index (χ1v) is 10.3. The van der Waals surface area contributed by atoms with Crippen molar-refractivity contribution in [1.82, 2.24) is 0 Å². The zero-order valence-electron chi connectivity index (χ0n) is 17.8. The number of hydrogen-bond acceptors (Lipinski definition) is 6. The van der Waals surface area contributed by atoms with Crippen molar-refractivity contribution in [1.29, 1.82) is 5.26 Å². The molecule has 0 bridgehead atoms. The topological polar surface area (TPSA) is 134 Å². The Labute approximate surface area is 203 Å². The average Bonchev–Trinajstić information content (AvgIpc) is 2.83. The van der Waals surface area contributed by atoms with Crippen molar-refractivity contribution in [2.45, 2.75) is 0 Å². The number of anilines is 2. The third-order valence-electron chi connectivity index (χ3n) is 4.45. The van der Waals surface area contributed by atoms with Crippen LogP contribution in [0, 0.1) is 27.3 Å². The first-order valence-electron chi connectivity index (χ1n) is 9.91. The van der Waals surface area contributed by atoms with E-state index in [1.54, 1.807) is 12.1 Å². The van der Waals surface area contributed by atoms with Crippen molar-refractivity contribution in [3.8, 4) is 11.8 Å². The number of halogens is 2. The molecule has 0 atom stereocenters. The highest BCUT2D eigenvalue weighted by atomic mass is 35.5. The summed E-state index contributed by atoms with van der Waals surface area (Å²) in [7, 11) is 0. The standard InChI is InChI=1S/C24H16ClFN4O5/c25-19-11-15(8-9-22(19)35-14-23(31)29-21-7-2-1-6-20(21)26)10-16(13-27)24(32)28-17-4-3-5-18(12-17)30(33)34/h1-12H,14H2,(H,28,32)(H,29,31). The monoisotopic (exact) mass is 494 g/mol. The van der Waals surface area contributed by atoms with Gasteiger partial charge in [-0.05, 0) is 42.0 Å². The number of hydrogen-bond donors (Lipinski definition) is 2. The van der Waals surface area contributed by atoms with Crippen LogP contribution in [0.2, 0.25) is 5.02 Å². The molecule has 11 heteroatoms. The van der Waals surface area contributed by atoms with Crippen LogP contribution in [0.15, 0.2) is 72.3 Å². The Morgan fingerprint density at radius 3 is 2.57 bits per heavy atom. The van der Waals surface area contributed by atoms with E-state index in [1.807, 2.05) is 0 Å². The van der Waals surface area contributed by atoms with Crippen molar-refractivity contribution in [2.75, 3.05) is 17.2 Å². The lowest BCUT2D eigenvalue weighted by Gasteiger charge is -2.10.